The van der Waals surface area contributed by atoms with Crippen molar-refractivity contribution in [3.8, 4) is 28.7 Å². The van der Waals surface area contributed by atoms with Gasteiger partial charge in [0.25, 0.3) is 5.91 Å². The number of methoxy groups -OCH3 is 1. The Kier molecular flexibility index (Phi) is 7.39. The molecule has 9 nitrogen and oxygen atoms in total. The summed E-state index contributed by atoms with van der Waals surface area (Å²) in [4.78, 5) is 26.6. The Morgan fingerprint density at radius 3 is 2.29 bits per heavy atom. The van der Waals surface area contributed by atoms with E-state index in [-0.39, 0.29) is 25.2 Å². The summed E-state index contributed by atoms with van der Waals surface area (Å²) >= 11 is 0. The van der Waals surface area contributed by atoms with Crippen LogP contribution in [0.3, 0.4) is 0 Å². The lowest BCUT2D eigenvalue weighted by Gasteiger charge is -2.39. The average molecular weight is 582 g/mol. The third-order valence-electron chi connectivity index (χ3n) is 7.76. The molecule has 5 rings (SSSR count). The van der Waals surface area contributed by atoms with Crippen molar-refractivity contribution >= 4 is 22.8 Å². The van der Waals surface area contributed by atoms with Crippen LogP contribution in [0.25, 0.3) is 22.1 Å². The number of nitriles is 1. The molecule has 2 aromatic carbocycles. The lowest BCUT2D eigenvalue weighted by molar-refractivity contribution is -0.133. The normalized spacial score (nSPS) is 18.5. The van der Waals surface area contributed by atoms with Gasteiger partial charge < -0.3 is 29.6 Å². The first-order valence-corrected chi connectivity index (χ1v) is 13.8. The fourth-order valence-electron chi connectivity index (χ4n) is 5.00. The van der Waals surface area contributed by atoms with Crippen LogP contribution < -0.4 is 20.1 Å². The Bertz CT molecular complexity index is 1550. The molecule has 3 aromatic rings. The van der Waals surface area contributed by atoms with Crippen LogP contribution >= 0.6 is 0 Å². The van der Waals surface area contributed by atoms with Crippen LogP contribution in [-0.4, -0.2) is 53.2 Å². The number of alkyl halides is 2. The zero-order valence-electron chi connectivity index (χ0n) is 23.7. The SMILES string of the molecule is COc1cc(-c2ccc3cc(C(=O)NC4(C(=O)NC5(C#N)CC5)CCC(F)(F)CC4)oc3c2)ccc1OCC(C)(C)O. The summed E-state index contributed by atoms with van der Waals surface area (Å²) in [5.74, 6) is -3.39. The van der Waals surface area contributed by atoms with E-state index in [0.29, 0.717) is 35.3 Å². The Labute approximate surface area is 241 Å². The molecule has 222 valence electrons. The molecule has 0 atom stereocenters. The van der Waals surface area contributed by atoms with Crippen molar-refractivity contribution in [3.05, 3.63) is 48.2 Å². The highest BCUT2D eigenvalue weighted by Gasteiger charge is 2.53. The van der Waals surface area contributed by atoms with Crippen LogP contribution in [-0.2, 0) is 4.79 Å². The molecule has 2 amide bonds. The summed E-state index contributed by atoms with van der Waals surface area (Å²) in [5.41, 5.74) is -1.63. The predicted octanol–water partition coefficient (Wildman–Crippen LogP) is 5.11. The number of furan rings is 1. The lowest BCUT2D eigenvalue weighted by Crippen LogP contribution is -2.62. The molecule has 0 bridgehead atoms. The largest absolute Gasteiger partial charge is 0.493 e. The molecule has 1 heterocycles. The van der Waals surface area contributed by atoms with E-state index in [4.69, 9.17) is 13.9 Å². The quantitative estimate of drug-likeness (QED) is 0.320. The van der Waals surface area contributed by atoms with Crippen molar-refractivity contribution in [1.82, 2.24) is 10.6 Å². The molecule has 2 fully saturated rings. The standard InChI is InChI=1S/C31H33F2N3O6/c1-28(2,39)18-41-22-7-6-20(15-24(22)40-3)19-4-5-21-16-25(42-23(21)14-19)26(37)35-30(10-12-31(32,33)13-11-30)27(38)36-29(17-34)8-9-29/h4-7,14-16,39H,8-13,18H2,1-3H3,(H,35,37)(H,36,38). The highest BCUT2D eigenvalue weighted by molar-refractivity contribution is 6.01. The van der Waals surface area contributed by atoms with Crippen molar-refractivity contribution in [2.75, 3.05) is 13.7 Å². The molecule has 11 heteroatoms. The second kappa shape index (κ2) is 10.6. The summed E-state index contributed by atoms with van der Waals surface area (Å²) in [7, 11) is 1.52. The van der Waals surface area contributed by atoms with Gasteiger partial charge in [-0.25, -0.2) is 8.78 Å². The number of amides is 2. The van der Waals surface area contributed by atoms with Crippen LogP contribution in [0.15, 0.2) is 46.9 Å². The number of halogens is 2. The average Bonchev–Trinajstić information content (AvgIpc) is 3.59. The Hall–Kier alpha value is -4.17. The van der Waals surface area contributed by atoms with E-state index >= 15 is 0 Å². The van der Waals surface area contributed by atoms with Gasteiger partial charge >= 0.3 is 0 Å². The Balaban J connectivity index is 1.37. The fourth-order valence-corrected chi connectivity index (χ4v) is 5.00. The first-order valence-electron chi connectivity index (χ1n) is 13.8. The van der Waals surface area contributed by atoms with Gasteiger partial charge in [0.2, 0.25) is 11.8 Å². The predicted molar refractivity (Wildman–Crippen MR) is 149 cm³/mol. The van der Waals surface area contributed by atoms with Crippen molar-refractivity contribution < 1.29 is 37.4 Å². The molecular formula is C31H33F2N3O6. The summed E-state index contributed by atoms with van der Waals surface area (Å²) < 4.78 is 45.1. The smallest absolute Gasteiger partial charge is 0.287 e. The summed E-state index contributed by atoms with van der Waals surface area (Å²) in [6.07, 6.45) is -0.696. The topological polar surface area (TPSA) is 134 Å². The zero-order chi connectivity index (χ0) is 30.3. The Morgan fingerprint density at radius 1 is 1.00 bits per heavy atom. The molecule has 0 spiro atoms. The van der Waals surface area contributed by atoms with Gasteiger partial charge in [-0.1, -0.05) is 18.2 Å². The maximum absolute atomic E-state index is 14.0. The fraction of sp³-hybridized carbons (Fsp3) is 0.452. The third kappa shape index (κ3) is 6.19. The van der Waals surface area contributed by atoms with Crippen molar-refractivity contribution in [1.29, 1.82) is 5.26 Å². The lowest BCUT2D eigenvalue weighted by atomic mass is 9.78. The van der Waals surface area contributed by atoms with E-state index in [1.807, 2.05) is 12.1 Å². The molecule has 0 radical (unpaired) electrons. The van der Waals surface area contributed by atoms with Gasteiger partial charge in [0, 0.05) is 18.2 Å². The molecule has 2 saturated carbocycles. The Morgan fingerprint density at radius 2 is 1.67 bits per heavy atom. The van der Waals surface area contributed by atoms with E-state index in [1.54, 1.807) is 38.1 Å². The van der Waals surface area contributed by atoms with Gasteiger partial charge in [0.15, 0.2) is 17.3 Å². The third-order valence-corrected chi connectivity index (χ3v) is 7.76. The van der Waals surface area contributed by atoms with E-state index in [1.165, 1.54) is 13.2 Å². The molecule has 2 aliphatic rings. The van der Waals surface area contributed by atoms with Crippen LogP contribution in [0.4, 0.5) is 8.78 Å². The van der Waals surface area contributed by atoms with Crippen molar-refractivity contribution in [2.45, 2.75) is 75.0 Å². The molecular weight excluding hydrogens is 548 g/mol. The number of fused-ring (bicyclic) bond motifs is 1. The second-order valence-electron chi connectivity index (χ2n) is 11.9. The van der Waals surface area contributed by atoms with Gasteiger partial charge in [-0.15, -0.1) is 0 Å². The van der Waals surface area contributed by atoms with Crippen LogP contribution in [0.5, 0.6) is 11.5 Å². The van der Waals surface area contributed by atoms with Crippen LogP contribution in [0.2, 0.25) is 0 Å². The van der Waals surface area contributed by atoms with Crippen molar-refractivity contribution in [3.63, 3.8) is 0 Å². The second-order valence-corrected chi connectivity index (χ2v) is 11.9. The van der Waals surface area contributed by atoms with Gasteiger partial charge in [0.05, 0.1) is 18.8 Å². The van der Waals surface area contributed by atoms with E-state index in [2.05, 4.69) is 16.7 Å². The number of nitrogens with one attached hydrogen (secondary N) is 2. The minimum atomic E-state index is -2.93. The summed E-state index contributed by atoms with van der Waals surface area (Å²) in [5, 5.41) is 25.3. The number of hydrogen-bond acceptors (Lipinski definition) is 7. The summed E-state index contributed by atoms with van der Waals surface area (Å²) in [6, 6.07) is 14.3. The highest BCUT2D eigenvalue weighted by atomic mass is 19.3. The first kappa shape index (κ1) is 29.3. The number of rotatable bonds is 9. The molecule has 1 aromatic heterocycles. The molecule has 2 aliphatic carbocycles. The number of carbonyl (C=O) groups is 2. The number of benzene rings is 2. The minimum Gasteiger partial charge on any atom is -0.493 e. The molecule has 3 N–H and O–H groups in total. The summed E-state index contributed by atoms with van der Waals surface area (Å²) in [6.45, 7) is 3.36. The molecule has 0 saturated heterocycles. The minimum absolute atomic E-state index is 0.0685. The number of carbonyl (C=O) groups excluding carboxylic acids is 2. The number of hydrogen-bond donors (Lipinski definition) is 3. The monoisotopic (exact) mass is 581 g/mol. The van der Waals surface area contributed by atoms with Crippen LogP contribution in [0.1, 0.15) is 62.9 Å². The molecule has 0 aliphatic heterocycles. The number of aliphatic hydroxyl groups is 1. The molecule has 42 heavy (non-hydrogen) atoms. The maximum Gasteiger partial charge on any atom is 0.287 e. The highest BCUT2D eigenvalue weighted by Crippen LogP contribution is 2.41. The molecule has 0 unspecified atom stereocenters. The number of nitrogens with zero attached hydrogens (tertiary/aromatic N) is 1. The van der Waals surface area contributed by atoms with Gasteiger partial charge in [-0.05, 0) is 74.9 Å². The van der Waals surface area contributed by atoms with E-state index in [0.717, 1.165) is 11.1 Å². The van der Waals surface area contributed by atoms with Gasteiger partial charge in [0.1, 0.15) is 23.3 Å². The van der Waals surface area contributed by atoms with Gasteiger partial charge in [-0.3, -0.25) is 9.59 Å². The maximum atomic E-state index is 14.0. The van der Waals surface area contributed by atoms with E-state index < -0.39 is 47.3 Å². The zero-order valence-corrected chi connectivity index (χ0v) is 23.7. The first-order chi connectivity index (χ1) is 19.8. The van der Waals surface area contributed by atoms with E-state index in [9.17, 15) is 28.7 Å². The van der Waals surface area contributed by atoms with Crippen LogP contribution in [0, 0.1) is 11.3 Å². The number of ether oxygens (including phenoxy) is 2. The van der Waals surface area contributed by atoms with Crippen molar-refractivity contribution in [2.24, 2.45) is 0 Å². The van der Waals surface area contributed by atoms with Gasteiger partial charge in [-0.2, -0.15) is 5.26 Å².